The first-order valence-corrected chi connectivity index (χ1v) is 10.2. The van der Waals surface area contributed by atoms with Crippen molar-refractivity contribution in [3.63, 3.8) is 0 Å². The fourth-order valence-electron chi connectivity index (χ4n) is 4.59. The molecule has 0 unspecified atom stereocenters. The maximum absolute atomic E-state index is 12.3. The second-order valence-corrected chi connectivity index (χ2v) is 8.04. The molecular formula is C26H27NO2. The van der Waals surface area contributed by atoms with Gasteiger partial charge in [0.2, 0.25) is 0 Å². The van der Waals surface area contributed by atoms with Gasteiger partial charge < -0.3 is 5.11 Å². The lowest BCUT2D eigenvalue weighted by Crippen LogP contribution is -2.36. The molecule has 0 aliphatic heterocycles. The average molecular weight is 386 g/mol. The summed E-state index contributed by atoms with van der Waals surface area (Å²) < 4.78 is 0. The molecule has 0 saturated heterocycles. The van der Waals surface area contributed by atoms with E-state index in [1.54, 1.807) is 0 Å². The number of rotatable bonds is 6. The maximum atomic E-state index is 12.3. The molecule has 29 heavy (non-hydrogen) atoms. The summed E-state index contributed by atoms with van der Waals surface area (Å²) in [6.07, 6.45) is 0.587. The summed E-state index contributed by atoms with van der Waals surface area (Å²) in [5.41, 5.74) is 5.90. The monoisotopic (exact) mass is 385 g/mol. The van der Waals surface area contributed by atoms with Crippen LogP contribution in [0.5, 0.6) is 0 Å². The van der Waals surface area contributed by atoms with Gasteiger partial charge in [-0.1, -0.05) is 84.4 Å². The molecule has 0 radical (unpaired) electrons. The first-order chi connectivity index (χ1) is 14.0. The number of aliphatic carboxylic acids is 1. The van der Waals surface area contributed by atoms with Crippen LogP contribution in [0.2, 0.25) is 0 Å². The zero-order chi connectivity index (χ0) is 20.4. The zero-order valence-electron chi connectivity index (χ0n) is 17.0. The minimum Gasteiger partial charge on any atom is -0.481 e. The van der Waals surface area contributed by atoms with Crippen molar-refractivity contribution in [1.82, 2.24) is 4.90 Å². The smallest absolute Gasteiger partial charge is 0.308 e. The summed E-state index contributed by atoms with van der Waals surface area (Å²) >= 11 is 0. The van der Waals surface area contributed by atoms with Gasteiger partial charge in [-0.3, -0.25) is 9.69 Å². The molecule has 3 atom stereocenters. The fraction of sp³-hybridized carbons (Fsp3) is 0.269. The molecule has 3 nitrogen and oxygen atoms in total. The molecule has 0 bridgehead atoms. The lowest BCUT2D eigenvalue weighted by molar-refractivity contribution is -0.144. The Kier molecular flexibility index (Phi) is 5.50. The van der Waals surface area contributed by atoms with Crippen LogP contribution in [0, 0.1) is 12.8 Å². The second-order valence-electron chi connectivity index (χ2n) is 8.04. The standard InChI is InChI=1S/C26H27NO2/c1-18-13-14-23-22(15-18)16-24(26(28)29)25(23)27(17-20-9-5-3-6-10-20)19(2)21-11-7-4-8-12-21/h3-15,19,24-25H,16-17H2,1-2H3,(H,28,29)/t19-,24-,25-/m1/s1. The van der Waals surface area contributed by atoms with E-state index < -0.39 is 11.9 Å². The fourth-order valence-corrected chi connectivity index (χ4v) is 4.59. The zero-order valence-corrected chi connectivity index (χ0v) is 17.0. The number of fused-ring (bicyclic) bond motifs is 1. The number of carboxylic acid groups (broad SMARTS) is 1. The van der Waals surface area contributed by atoms with E-state index in [1.807, 2.05) is 36.4 Å². The van der Waals surface area contributed by atoms with Crippen LogP contribution in [-0.2, 0) is 17.8 Å². The Labute approximate surface area is 172 Å². The molecule has 0 spiro atoms. The summed E-state index contributed by atoms with van der Waals surface area (Å²) in [5, 5.41) is 10.1. The summed E-state index contributed by atoms with van der Waals surface area (Å²) in [4.78, 5) is 14.6. The normalized spacial score (nSPS) is 19.1. The lowest BCUT2D eigenvalue weighted by Gasteiger charge is -2.37. The molecule has 3 aromatic rings. The molecule has 3 aromatic carbocycles. The van der Waals surface area contributed by atoms with E-state index in [9.17, 15) is 9.90 Å². The highest BCUT2D eigenvalue weighted by Gasteiger charge is 2.42. The van der Waals surface area contributed by atoms with Crippen molar-refractivity contribution in [2.24, 2.45) is 5.92 Å². The van der Waals surface area contributed by atoms with Gasteiger partial charge in [-0.2, -0.15) is 0 Å². The maximum Gasteiger partial charge on any atom is 0.308 e. The molecule has 1 N–H and O–H groups in total. The molecule has 4 rings (SSSR count). The molecule has 1 aliphatic carbocycles. The molecule has 0 amide bonds. The predicted molar refractivity (Wildman–Crippen MR) is 116 cm³/mol. The summed E-state index contributed by atoms with van der Waals surface area (Å²) in [7, 11) is 0. The van der Waals surface area contributed by atoms with Crippen LogP contribution in [0.4, 0.5) is 0 Å². The highest BCUT2D eigenvalue weighted by molar-refractivity contribution is 5.73. The van der Waals surface area contributed by atoms with Crippen LogP contribution >= 0.6 is 0 Å². The van der Waals surface area contributed by atoms with Crippen molar-refractivity contribution in [2.75, 3.05) is 0 Å². The van der Waals surface area contributed by atoms with Gasteiger partial charge in [-0.25, -0.2) is 0 Å². The highest BCUT2D eigenvalue weighted by Crippen LogP contribution is 2.45. The van der Waals surface area contributed by atoms with Crippen molar-refractivity contribution in [3.05, 3.63) is 107 Å². The number of hydrogen-bond acceptors (Lipinski definition) is 2. The molecule has 0 saturated carbocycles. The third-order valence-electron chi connectivity index (χ3n) is 6.10. The topological polar surface area (TPSA) is 40.5 Å². The van der Waals surface area contributed by atoms with Gasteiger partial charge >= 0.3 is 5.97 Å². The van der Waals surface area contributed by atoms with Gasteiger partial charge in [0.25, 0.3) is 0 Å². The Bertz CT molecular complexity index is 984. The number of nitrogens with zero attached hydrogens (tertiary/aromatic N) is 1. The minimum absolute atomic E-state index is 0.0931. The molecule has 0 heterocycles. The number of carbonyl (C=O) groups is 1. The van der Waals surface area contributed by atoms with E-state index in [0.717, 1.165) is 5.56 Å². The molecule has 148 valence electrons. The van der Waals surface area contributed by atoms with Crippen molar-refractivity contribution < 1.29 is 9.90 Å². The molecule has 3 heteroatoms. The highest BCUT2D eigenvalue weighted by atomic mass is 16.4. The van der Waals surface area contributed by atoms with Gasteiger partial charge in [0.1, 0.15) is 0 Å². The van der Waals surface area contributed by atoms with Gasteiger partial charge in [0.05, 0.1) is 5.92 Å². The Morgan fingerprint density at radius 1 is 1.03 bits per heavy atom. The van der Waals surface area contributed by atoms with E-state index in [4.69, 9.17) is 0 Å². The number of aryl methyl sites for hydroxylation is 1. The predicted octanol–water partition coefficient (Wildman–Crippen LogP) is 5.56. The van der Waals surface area contributed by atoms with Crippen LogP contribution in [-0.4, -0.2) is 16.0 Å². The molecular weight excluding hydrogens is 358 g/mol. The largest absolute Gasteiger partial charge is 0.481 e. The summed E-state index contributed by atoms with van der Waals surface area (Å²) in [6.45, 7) is 4.96. The first-order valence-electron chi connectivity index (χ1n) is 10.2. The quantitative estimate of drug-likeness (QED) is 0.604. The first kappa shape index (κ1) is 19.4. The Balaban J connectivity index is 1.79. The van der Waals surface area contributed by atoms with E-state index in [-0.39, 0.29) is 12.1 Å². The van der Waals surface area contributed by atoms with Crippen LogP contribution in [0.15, 0.2) is 78.9 Å². The van der Waals surface area contributed by atoms with E-state index in [1.165, 1.54) is 22.3 Å². The van der Waals surface area contributed by atoms with E-state index in [0.29, 0.717) is 13.0 Å². The van der Waals surface area contributed by atoms with Crippen molar-refractivity contribution in [3.8, 4) is 0 Å². The Morgan fingerprint density at radius 3 is 2.34 bits per heavy atom. The molecule has 1 aliphatic rings. The van der Waals surface area contributed by atoms with Gasteiger partial charge in [-0.05, 0) is 42.5 Å². The number of carboxylic acids is 1. The lowest BCUT2D eigenvalue weighted by atomic mass is 9.94. The summed E-state index contributed by atoms with van der Waals surface area (Å²) in [6, 6.07) is 27.0. The second kappa shape index (κ2) is 8.22. The average Bonchev–Trinajstić information content (AvgIpc) is 3.11. The van der Waals surface area contributed by atoms with Crippen molar-refractivity contribution in [1.29, 1.82) is 0 Å². The SMILES string of the molecule is Cc1ccc2c(c1)C[C@@H](C(=O)O)[C@@H]2N(Cc1ccccc1)[C@H](C)c1ccccc1. The van der Waals surface area contributed by atoms with Crippen LogP contribution < -0.4 is 0 Å². The number of hydrogen-bond donors (Lipinski definition) is 1. The third kappa shape index (κ3) is 3.96. The Morgan fingerprint density at radius 2 is 1.69 bits per heavy atom. The van der Waals surface area contributed by atoms with Gasteiger partial charge in [0.15, 0.2) is 0 Å². The van der Waals surface area contributed by atoms with Crippen LogP contribution in [0.25, 0.3) is 0 Å². The minimum atomic E-state index is -0.720. The van der Waals surface area contributed by atoms with Crippen molar-refractivity contribution in [2.45, 2.75) is 38.9 Å². The third-order valence-corrected chi connectivity index (χ3v) is 6.10. The van der Waals surface area contributed by atoms with Crippen molar-refractivity contribution >= 4 is 5.97 Å². The van der Waals surface area contributed by atoms with Gasteiger partial charge in [0, 0.05) is 18.6 Å². The molecule has 0 fully saturated rings. The molecule has 0 aromatic heterocycles. The Hall–Kier alpha value is -2.91. The number of benzene rings is 3. The van der Waals surface area contributed by atoms with E-state index in [2.05, 4.69) is 61.2 Å². The van der Waals surface area contributed by atoms with Crippen LogP contribution in [0.1, 0.15) is 46.8 Å². The van der Waals surface area contributed by atoms with Gasteiger partial charge in [-0.15, -0.1) is 0 Å². The van der Waals surface area contributed by atoms with Crippen LogP contribution in [0.3, 0.4) is 0 Å². The summed E-state index contributed by atoms with van der Waals surface area (Å²) in [5.74, 6) is -1.16. The van der Waals surface area contributed by atoms with E-state index >= 15 is 0 Å².